The average molecular weight is 312 g/mol. The number of carbonyl (C=O) groups is 2. The third-order valence-corrected chi connectivity index (χ3v) is 3.48. The molecule has 1 fully saturated rings. The summed E-state index contributed by atoms with van der Waals surface area (Å²) in [5, 5.41) is 0. The third-order valence-electron chi connectivity index (χ3n) is 3.48. The van der Waals surface area contributed by atoms with Crippen LogP contribution in [0, 0.1) is 0 Å². The van der Waals surface area contributed by atoms with Gasteiger partial charge in [0.15, 0.2) is 6.61 Å². The first-order chi connectivity index (χ1) is 11.2. The lowest BCUT2D eigenvalue weighted by Gasteiger charge is -2.10. The van der Waals surface area contributed by atoms with E-state index in [0.29, 0.717) is 18.8 Å². The Balaban J connectivity index is 1.52. The van der Waals surface area contributed by atoms with E-state index in [9.17, 15) is 9.59 Å². The molecular weight excluding hydrogens is 296 g/mol. The van der Waals surface area contributed by atoms with Gasteiger partial charge in [0, 0.05) is 6.42 Å². The van der Waals surface area contributed by atoms with Gasteiger partial charge in [-0.05, 0) is 23.3 Å². The van der Waals surface area contributed by atoms with E-state index in [2.05, 4.69) is 0 Å². The summed E-state index contributed by atoms with van der Waals surface area (Å²) in [5.41, 5.74) is 2.17. The first-order valence-corrected chi connectivity index (χ1v) is 7.37. The second kappa shape index (κ2) is 6.96. The molecule has 0 amide bonds. The van der Waals surface area contributed by atoms with E-state index >= 15 is 0 Å². The van der Waals surface area contributed by atoms with Gasteiger partial charge in [0.1, 0.15) is 5.75 Å². The van der Waals surface area contributed by atoms with Crippen LogP contribution in [-0.2, 0) is 19.1 Å². The summed E-state index contributed by atoms with van der Waals surface area (Å²) in [6.07, 6.45) is -0.400. The zero-order valence-corrected chi connectivity index (χ0v) is 12.4. The molecule has 5 nitrogen and oxygen atoms in total. The number of esters is 2. The van der Waals surface area contributed by atoms with Crippen LogP contribution in [0.2, 0.25) is 0 Å². The molecule has 23 heavy (non-hydrogen) atoms. The van der Waals surface area contributed by atoms with E-state index in [-0.39, 0.29) is 6.61 Å². The quantitative estimate of drug-likeness (QED) is 0.794. The summed E-state index contributed by atoms with van der Waals surface area (Å²) in [5.74, 6) is -0.512. The van der Waals surface area contributed by atoms with Crippen molar-refractivity contribution in [2.24, 2.45) is 0 Å². The number of benzene rings is 2. The largest absolute Gasteiger partial charge is 0.482 e. The van der Waals surface area contributed by atoms with Crippen LogP contribution in [0.15, 0.2) is 54.6 Å². The standard InChI is InChI=1S/C18H16O5/c19-17(23-16-10-11-21-18(16)20)12-22-15-8-6-14(7-9-15)13-4-2-1-3-5-13/h1-9,16H,10-12H2. The average Bonchev–Trinajstić information content (AvgIpc) is 2.99. The summed E-state index contributed by atoms with van der Waals surface area (Å²) < 4.78 is 15.1. The van der Waals surface area contributed by atoms with E-state index in [0.717, 1.165) is 11.1 Å². The van der Waals surface area contributed by atoms with Crippen LogP contribution in [0.5, 0.6) is 5.75 Å². The van der Waals surface area contributed by atoms with Gasteiger partial charge < -0.3 is 14.2 Å². The van der Waals surface area contributed by atoms with Crippen molar-refractivity contribution in [3.63, 3.8) is 0 Å². The van der Waals surface area contributed by atoms with Crippen molar-refractivity contribution >= 4 is 11.9 Å². The summed E-state index contributed by atoms with van der Waals surface area (Å²) >= 11 is 0. The molecule has 1 aliphatic heterocycles. The van der Waals surface area contributed by atoms with Crippen molar-refractivity contribution in [2.45, 2.75) is 12.5 Å². The first kappa shape index (κ1) is 15.1. The lowest BCUT2D eigenvalue weighted by atomic mass is 10.1. The minimum absolute atomic E-state index is 0.242. The predicted octanol–water partition coefficient (Wildman–Crippen LogP) is 2.59. The van der Waals surface area contributed by atoms with Crippen molar-refractivity contribution < 1.29 is 23.8 Å². The molecule has 3 rings (SSSR count). The zero-order chi connectivity index (χ0) is 16.1. The van der Waals surface area contributed by atoms with Crippen LogP contribution in [0.25, 0.3) is 11.1 Å². The second-order valence-corrected chi connectivity index (χ2v) is 5.11. The van der Waals surface area contributed by atoms with Crippen molar-refractivity contribution in [1.82, 2.24) is 0 Å². The normalized spacial score (nSPS) is 16.7. The molecule has 0 bridgehead atoms. The molecule has 1 heterocycles. The zero-order valence-electron chi connectivity index (χ0n) is 12.4. The van der Waals surface area contributed by atoms with Crippen LogP contribution in [0.1, 0.15) is 6.42 Å². The summed E-state index contributed by atoms with van der Waals surface area (Å²) in [6, 6.07) is 17.4. The lowest BCUT2D eigenvalue weighted by Crippen LogP contribution is -2.26. The Labute approximate surface area is 133 Å². The van der Waals surface area contributed by atoms with Gasteiger partial charge >= 0.3 is 11.9 Å². The highest BCUT2D eigenvalue weighted by atomic mass is 16.6. The summed E-state index contributed by atoms with van der Waals surface area (Å²) in [4.78, 5) is 22.9. The molecule has 1 unspecified atom stereocenters. The van der Waals surface area contributed by atoms with E-state index in [1.165, 1.54) is 0 Å². The molecule has 0 aromatic heterocycles. The molecule has 118 valence electrons. The van der Waals surface area contributed by atoms with Gasteiger partial charge in [-0.2, -0.15) is 0 Å². The highest BCUT2D eigenvalue weighted by molar-refractivity contribution is 5.81. The maximum Gasteiger partial charge on any atom is 0.347 e. The molecule has 0 aliphatic carbocycles. The highest BCUT2D eigenvalue weighted by Gasteiger charge is 2.30. The fourth-order valence-electron chi connectivity index (χ4n) is 2.29. The molecule has 1 aliphatic rings. The van der Waals surface area contributed by atoms with Gasteiger partial charge in [-0.15, -0.1) is 0 Å². The molecule has 2 aromatic carbocycles. The monoisotopic (exact) mass is 312 g/mol. The Morgan fingerprint density at radius 1 is 1.04 bits per heavy atom. The molecule has 2 aromatic rings. The van der Waals surface area contributed by atoms with Gasteiger partial charge in [-0.3, -0.25) is 0 Å². The maximum atomic E-state index is 11.7. The molecule has 0 saturated carbocycles. The highest BCUT2D eigenvalue weighted by Crippen LogP contribution is 2.22. The Morgan fingerprint density at radius 2 is 1.74 bits per heavy atom. The van der Waals surface area contributed by atoms with Crippen LogP contribution in [0.3, 0.4) is 0 Å². The first-order valence-electron chi connectivity index (χ1n) is 7.37. The fourth-order valence-corrected chi connectivity index (χ4v) is 2.29. The maximum absolute atomic E-state index is 11.7. The van der Waals surface area contributed by atoms with Gasteiger partial charge in [0.25, 0.3) is 0 Å². The van der Waals surface area contributed by atoms with E-state index < -0.39 is 18.0 Å². The van der Waals surface area contributed by atoms with Crippen molar-refractivity contribution in [3.8, 4) is 16.9 Å². The van der Waals surface area contributed by atoms with E-state index in [1.54, 1.807) is 12.1 Å². The van der Waals surface area contributed by atoms with Crippen molar-refractivity contribution in [1.29, 1.82) is 0 Å². The Hall–Kier alpha value is -2.82. The van der Waals surface area contributed by atoms with E-state index in [1.807, 2.05) is 42.5 Å². The third kappa shape index (κ3) is 3.88. The molecule has 1 atom stereocenters. The number of rotatable bonds is 5. The molecule has 5 heteroatoms. The minimum Gasteiger partial charge on any atom is -0.482 e. The molecule has 0 spiro atoms. The number of carbonyl (C=O) groups excluding carboxylic acids is 2. The molecule has 0 radical (unpaired) electrons. The van der Waals surface area contributed by atoms with Gasteiger partial charge in [0.05, 0.1) is 6.61 Å². The van der Waals surface area contributed by atoms with Gasteiger partial charge in [-0.25, -0.2) is 9.59 Å². The Kier molecular flexibility index (Phi) is 4.57. The second-order valence-electron chi connectivity index (χ2n) is 5.11. The molecule has 0 N–H and O–H groups in total. The van der Waals surface area contributed by atoms with Crippen LogP contribution in [0.4, 0.5) is 0 Å². The summed E-state index contributed by atoms with van der Waals surface area (Å²) in [7, 11) is 0. The topological polar surface area (TPSA) is 61.8 Å². The van der Waals surface area contributed by atoms with Crippen LogP contribution < -0.4 is 4.74 Å². The minimum atomic E-state index is -0.799. The number of cyclic esters (lactones) is 1. The molecule has 1 saturated heterocycles. The van der Waals surface area contributed by atoms with Crippen LogP contribution >= 0.6 is 0 Å². The number of hydrogen-bond donors (Lipinski definition) is 0. The van der Waals surface area contributed by atoms with E-state index in [4.69, 9.17) is 14.2 Å². The Bertz CT molecular complexity index is 678. The SMILES string of the molecule is O=C(COc1ccc(-c2ccccc2)cc1)OC1CCOC1=O. The smallest absolute Gasteiger partial charge is 0.347 e. The van der Waals surface area contributed by atoms with Gasteiger partial charge in [-0.1, -0.05) is 42.5 Å². The van der Waals surface area contributed by atoms with Gasteiger partial charge in [0.2, 0.25) is 6.10 Å². The fraction of sp³-hybridized carbons (Fsp3) is 0.222. The van der Waals surface area contributed by atoms with Crippen LogP contribution in [-0.4, -0.2) is 31.3 Å². The number of hydrogen-bond acceptors (Lipinski definition) is 5. The van der Waals surface area contributed by atoms with Crippen molar-refractivity contribution in [2.75, 3.05) is 13.2 Å². The Morgan fingerprint density at radius 3 is 2.39 bits per heavy atom. The number of ether oxygens (including phenoxy) is 3. The lowest BCUT2D eigenvalue weighted by molar-refractivity contribution is -0.161. The molecular formula is C18H16O5. The van der Waals surface area contributed by atoms with Crippen molar-refractivity contribution in [3.05, 3.63) is 54.6 Å². The predicted molar refractivity (Wildman–Crippen MR) is 82.8 cm³/mol. The summed E-state index contributed by atoms with van der Waals surface area (Å²) in [6.45, 7) is 0.0487.